The van der Waals surface area contributed by atoms with Crippen LogP contribution in [0, 0.1) is 0 Å². The van der Waals surface area contributed by atoms with Gasteiger partial charge in [-0.2, -0.15) is 0 Å². The molecule has 1 aromatic carbocycles. The second-order valence-corrected chi connectivity index (χ2v) is 11.0. The predicted molar refractivity (Wildman–Crippen MR) is 128 cm³/mol. The van der Waals surface area contributed by atoms with Crippen LogP contribution in [0.1, 0.15) is 36.0 Å². The van der Waals surface area contributed by atoms with Gasteiger partial charge >= 0.3 is 0 Å². The summed E-state index contributed by atoms with van der Waals surface area (Å²) in [4.78, 5) is 20.0. The van der Waals surface area contributed by atoms with Gasteiger partial charge in [-0.25, -0.2) is 8.42 Å². The number of ether oxygens (including phenoxy) is 1. The molecule has 0 spiro atoms. The summed E-state index contributed by atoms with van der Waals surface area (Å²) in [6.07, 6.45) is 3.35. The summed E-state index contributed by atoms with van der Waals surface area (Å²) in [5.41, 5.74) is 1.93. The number of piperazine rings is 1. The van der Waals surface area contributed by atoms with E-state index in [0.29, 0.717) is 50.6 Å². The molecule has 3 saturated heterocycles. The number of benzene rings is 1. The average molecular weight is 481 g/mol. The molecular formula is C23H36N4O5S. The standard InChI is InChI=1S/C23H36N4O5S/c28-13-4-16-33(30,31)22-17-19(23(29)27-9-5-24-6-10-27)20(26-11-14-32-15-12-26)18-21(22)25-7-2-1-3-8-25/h17-18,24,28H,1-16H2. The van der Waals surface area contributed by atoms with E-state index >= 15 is 0 Å². The largest absolute Gasteiger partial charge is 0.396 e. The van der Waals surface area contributed by atoms with Gasteiger partial charge in [0.25, 0.3) is 5.91 Å². The first-order valence-corrected chi connectivity index (χ1v) is 13.8. The molecule has 3 aliphatic heterocycles. The zero-order chi connectivity index (χ0) is 23.3. The van der Waals surface area contributed by atoms with Crippen molar-refractivity contribution in [1.29, 1.82) is 0 Å². The Morgan fingerprint density at radius 3 is 2.27 bits per heavy atom. The lowest BCUT2D eigenvalue weighted by atomic mass is 10.1. The van der Waals surface area contributed by atoms with E-state index in [4.69, 9.17) is 4.74 Å². The van der Waals surface area contributed by atoms with Crippen molar-refractivity contribution in [2.75, 3.05) is 87.7 Å². The zero-order valence-electron chi connectivity index (χ0n) is 19.3. The quantitative estimate of drug-likeness (QED) is 0.589. The summed E-state index contributed by atoms with van der Waals surface area (Å²) < 4.78 is 32.3. The van der Waals surface area contributed by atoms with E-state index in [1.807, 2.05) is 6.07 Å². The van der Waals surface area contributed by atoms with Crippen LogP contribution in [0.2, 0.25) is 0 Å². The lowest BCUT2D eigenvalue weighted by Crippen LogP contribution is -2.47. The summed E-state index contributed by atoms with van der Waals surface area (Å²) in [5, 5.41) is 12.5. The molecule has 2 N–H and O–H groups in total. The third-order valence-corrected chi connectivity index (χ3v) is 8.49. The molecule has 0 unspecified atom stereocenters. The van der Waals surface area contributed by atoms with Crippen LogP contribution in [0.4, 0.5) is 11.4 Å². The first-order valence-electron chi connectivity index (χ1n) is 12.1. The van der Waals surface area contributed by atoms with Crippen molar-refractivity contribution in [2.24, 2.45) is 0 Å². The zero-order valence-corrected chi connectivity index (χ0v) is 20.1. The number of nitrogens with zero attached hydrogens (tertiary/aromatic N) is 3. The molecule has 184 valence electrons. The molecule has 4 rings (SSSR count). The fourth-order valence-electron chi connectivity index (χ4n) is 4.83. The molecule has 0 radical (unpaired) electrons. The van der Waals surface area contributed by atoms with Gasteiger partial charge in [0, 0.05) is 59.0 Å². The lowest BCUT2D eigenvalue weighted by Gasteiger charge is -2.36. The molecule has 3 heterocycles. The second-order valence-electron chi connectivity index (χ2n) is 8.92. The van der Waals surface area contributed by atoms with Crippen molar-refractivity contribution in [3.8, 4) is 0 Å². The molecular weight excluding hydrogens is 444 g/mol. The average Bonchev–Trinajstić information content (AvgIpc) is 2.88. The van der Waals surface area contributed by atoms with Crippen LogP contribution >= 0.6 is 0 Å². The smallest absolute Gasteiger partial charge is 0.256 e. The highest BCUT2D eigenvalue weighted by atomic mass is 32.2. The summed E-state index contributed by atoms with van der Waals surface area (Å²) in [6.45, 7) is 6.56. The van der Waals surface area contributed by atoms with E-state index in [0.717, 1.165) is 51.1 Å². The molecule has 0 atom stereocenters. The Morgan fingerprint density at radius 2 is 1.61 bits per heavy atom. The number of carbonyl (C=O) groups is 1. The van der Waals surface area contributed by atoms with Crippen molar-refractivity contribution >= 4 is 27.1 Å². The normalized spacial score (nSPS) is 20.2. The minimum atomic E-state index is -3.66. The molecule has 0 bridgehead atoms. The number of piperidine rings is 1. The van der Waals surface area contributed by atoms with Crippen molar-refractivity contribution < 1.29 is 23.1 Å². The van der Waals surface area contributed by atoms with E-state index in [1.165, 1.54) is 0 Å². The summed E-state index contributed by atoms with van der Waals surface area (Å²) in [7, 11) is -3.66. The van der Waals surface area contributed by atoms with E-state index in [9.17, 15) is 18.3 Å². The van der Waals surface area contributed by atoms with Gasteiger partial charge in [0.15, 0.2) is 9.84 Å². The molecule has 3 aliphatic rings. The molecule has 1 aromatic rings. The van der Waals surface area contributed by atoms with Crippen LogP contribution in [0.3, 0.4) is 0 Å². The SMILES string of the molecule is O=C(c1cc(S(=O)(=O)CCCO)c(N2CCCCC2)cc1N1CCOCC1)N1CCNCC1. The van der Waals surface area contributed by atoms with Crippen LogP contribution in [-0.4, -0.2) is 102 Å². The van der Waals surface area contributed by atoms with Crippen LogP contribution in [0.15, 0.2) is 17.0 Å². The number of aliphatic hydroxyl groups is 1. The summed E-state index contributed by atoms with van der Waals surface area (Å²) >= 11 is 0. The summed E-state index contributed by atoms with van der Waals surface area (Å²) in [6, 6.07) is 3.55. The van der Waals surface area contributed by atoms with Gasteiger partial charge in [-0.05, 0) is 37.8 Å². The van der Waals surface area contributed by atoms with Gasteiger partial charge < -0.3 is 29.9 Å². The molecule has 10 heteroatoms. The minimum Gasteiger partial charge on any atom is -0.396 e. The van der Waals surface area contributed by atoms with Crippen molar-refractivity contribution in [2.45, 2.75) is 30.6 Å². The maximum atomic E-state index is 13.6. The molecule has 3 fully saturated rings. The molecule has 9 nitrogen and oxygen atoms in total. The third kappa shape index (κ3) is 5.62. The van der Waals surface area contributed by atoms with Gasteiger partial charge in [-0.1, -0.05) is 0 Å². The number of hydrogen-bond donors (Lipinski definition) is 2. The Labute approximate surface area is 196 Å². The van der Waals surface area contributed by atoms with Gasteiger partial charge in [0.2, 0.25) is 0 Å². The van der Waals surface area contributed by atoms with Gasteiger partial charge in [0.05, 0.1) is 40.8 Å². The van der Waals surface area contributed by atoms with Crippen LogP contribution in [0.5, 0.6) is 0 Å². The molecule has 0 aromatic heterocycles. The number of amides is 1. The Kier molecular flexibility index (Phi) is 8.11. The third-order valence-electron chi connectivity index (χ3n) is 6.67. The Balaban J connectivity index is 1.83. The van der Waals surface area contributed by atoms with Crippen LogP contribution in [-0.2, 0) is 14.6 Å². The summed E-state index contributed by atoms with van der Waals surface area (Å²) in [5.74, 6) is -0.260. The lowest BCUT2D eigenvalue weighted by molar-refractivity contribution is 0.0735. The van der Waals surface area contributed by atoms with Gasteiger partial charge in [-0.15, -0.1) is 0 Å². The second kappa shape index (κ2) is 11.0. The Hall–Kier alpha value is -1.88. The number of hydrogen-bond acceptors (Lipinski definition) is 8. The molecule has 33 heavy (non-hydrogen) atoms. The first-order chi connectivity index (χ1) is 16.0. The number of carbonyl (C=O) groups excluding carboxylic acids is 1. The van der Waals surface area contributed by atoms with E-state index < -0.39 is 9.84 Å². The topological polar surface area (TPSA) is 102 Å². The monoisotopic (exact) mass is 480 g/mol. The maximum absolute atomic E-state index is 13.6. The number of rotatable bonds is 7. The van der Waals surface area contributed by atoms with E-state index in [1.54, 1.807) is 11.0 Å². The van der Waals surface area contributed by atoms with E-state index in [2.05, 4.69) is 15.1 Å². The number of anilines is 2. The Bertz CT molecular complexity index is 921. The fraction of sp³-hybridized carbons (Fsp3) is 0.696. The van der Waals surface area contributed by atoms with Gasteiger partial charge in [0.1, 0.15) is 0 Å². The highest BCUT2D eigenvalue weighted by molar-refractivity contribution is 7.91. The number of sulfone groups is 1. The van der Waals surface area contributed by atoms with Crippen LogP contribution < -0.4 is 15.1 Å². The number of nitrogens with one attached hydrogen (secondary N) is 1. The number of morpholine rings is 1. The molecule has 1 amide bonds. The van der Waals surface area contributed by atoms with E-state index in [-0.39, 0.29) is 29.6 Å². The highest BCUT2D eigenvalue weighted by Gasteiger charge is 2.31. The van der Waals surface area contributed by atoms with Crippen molar-refractivity contribution in [1.82, 2.24) is 10.2 Å². The van der Waals surface area contributed by atoms with Crippen molar-refractivity contribution in [3.63, 3.8) is 0 Å². The maximum Gasteiger partial charge on any atom is 0.256 e. The Morgan fingerprint density at radius 1 is 0.939 bits per heavy atom. The van der Waals surface area contributed by atoms with Crippen molar-refractivity contribution in [3.05, 3.63) is 17.7 Å². The molecule has 0 saturated carbocycles. The molecule has 0 aliphatic carbocycles. The van der Waals surface area contributed by atoms with Gasteiger partial charge in [-0.3, -0.25) is 4.79 Å². The predicted octanol–water partition coefficient (Wildman–Crippen LogP) is 0.715. The number of aliphatic hydroxyl groups excluding tert-OH is 1. The highest BCUT2D eigenvalue weighted by Crippen LogP contribution is 2.37. The fourth-order valence-corrected chi connectivity index (χ4v) is 6.36. The minimum absolute atomic E-state index is 0.123. The first kappa shape index (κ1) is 24.3. The van der Waals surface area contributed by atoms with Crippen LogP contribution in [0.25, 0.3) is 0 Å².